The van der Waals surface area contributed by atoms with E-state index in [1.807, 2.05) is 0 Å². The van der Waals surface area contributed by atoms with Gasteiger partial charge in [-0.2, -0.15) is 0 Å². The molecule has 50 valence electrons. The smallest absolute Gasteiger partial charge is 0.159 e. The van der Waals surface area contributed by atoms with E-state index < -0.39 is 0 Å². The highest BCUT2D eigenvalue weighted by Gasteiger charge is 1.95. The van der Waals surface area contributed by atoms with Crippen LogP contribution in [0.2, 0.25) is 5.02 Å². The van der Waals surface area contributed by atoms with Crippen LogP contribution in [0.25, 0.3) is 11.2 Å². The second-order valence-corrected chi connectivity index (χ2v) is 2.16. The van der Waals surface area contributed by atoms with Gasteiger partial charge in [-0.1, -0.05) is 11.6 Å². The molecule has 0 spiro atoms. The van der Waals surface area contributed by atoms with Crippen LogP contribution in [0.4, 0.5) is 0 Å². The fraction of sp³-hybridized carbons (Fsp3) is 0. The van der Waals surface area contributed by atoms with Gasteiger partial charge >= 0.3 is 0 Å². The standard InChI is InChI=1S/C5H2ClN4/c6-3-1-2-7-5-4(3)8-10-9-5/h1-2H/q-1. The molecule has 0 atom stereocenters. The quantitative estimate of drug-likeness (QED) is 0.557. The molecular weight excluding hydrogens is 152 g/mol. The van der Waals surface area contributed by atoms with Crippen LogP contribution < -0.4 is 5.21 Å². The molecule has 0 saturated carbocycles. The van der Waals surface area contributed by atoms with Crippen molar-refractivity contribution in [1.29, 1.82) is 0 Å². The molecule has 0 saturated heterocycles. The maximum absolute atomic E-state index is 5.72. The summed E-state index contributed by atoms with van der Waals surface area (Å²) in [6, 6.07) is 1.65. The fourth-order valence-electron chi connectivity index (χ4n) is 0.695. The maximum atomic E-state index is 5.72. The first-order valence-corrected chi connectivity index (χ1v) is 3.02. The lowest BCUT2D eigenvalue weighted by molar-refractivity contribution is 0.924. The highest BCUT2D eigenvalue weighted by atomic mass is 35.5. The van der Waals surface area contributed by atoms with E-state index in [4.69, 9.17) is 11.6 Å². The lowest BCUT2D eigenvalue weighted by Gasteiger charge is -1.88. The molecular formula is C5H2ClN4-. The summed E-state index contributed by atoms with van der Waals surface area (Å²) in [5, 5.41) is 11.2. The SMILES string of the molecule is Clc1ccnc2n[n-]nc12. The Kier molecular flexibility index (Phi) is 1.07. The second-order valence-electron chi connectivity index (χ2n) is 1.75. The van der Waals surface area contributed by atoms with Crippen molar-refractivity contribution in [3.05, 3.63) is 17.3 Å². The minimum absolute atomic E-state index is 0.493. The van der Waals surface area contributed by atoms with E-state index in [-0.39, 0.29) is 0 Å². The molecule has 2 aromatic rings. The summed E-state index contributed by atoms with van der Waals surface area (Å²) in [7, 11) is 0. The number of aromatic nitrogens is 4. The minimum Gasteiger partial charge on any atom is -0.491 e. The third-order valence-corrected chi connectivity index (χ3v) is 1.44. The molecule has 0 amide bonds. The van der Waals surface area contributed by atoms with E-state index in [0.717, 1.165) is 0 Å². The molecule has 0 bridgehead atoms. The van der Waals surface area contributed by atoms with Crippen LogP contribution in [-0.2, 0) is 0 Å². The van der Waals surface area contributed by atoms with Gasteiger partial charge < -0.3 is 15.4 Å². The van der Waals surface area contributed by atoms with Gasteiger partial charge in [0.1, 0.15) is 5.52 Å². The van der Waals surface area contributed by atoms with Crippen molar-refractivity contribution in [1.82, 2.24) is 20.4 Å². The van der Waals surface area contributed by atoms with Crippen molar-refractivity contribution in [3.8, 4) is 0 Å². The Bertz CT molecular complexity index is 355. The van der Waals surface area contributed by atoms with E-state index in [2.05, 4.69) is 20.4 Å². The van der Waals surface area contributed by atoms with Gasteiger partial charge in [0.2, 0.25) is 0 Å². The molecule has 0 unspecified atom stereocenters. The Morgan fingerprint density at radius 2 is 2.30 bits per heavy atom. The van der Waals surface area contributed by atoms with Gasteiger partial charge in [-0.3, -0.25) is 0 Å². The van der Waals surface area contributed by atoms with Gasteiger partial charge in [0.05, 0.1) is 5.02 Å². The van der Waals surface area contributed by atoms with Crippen molar-refractivity contribution in [2.24, 2.45) is 0 Å². The van der Waals surface area contributed by atoms with Gasteiger partial charge in [0, 0.05) is 6.20 Å². The predicted molar refractivity (Wildman–Crippen MR) is 35.7 cm³/mol. The molecule has 2 rings (SSSR count). The Labute approximate surface area is 61.2 Å². The molecule has 5 heteroatoms. The van der Waals surface area contributed by atoms with E-state index in [9.17, 15) is 0 Å². The van der Waals surface area contributed by atoms with Crippen molar-refractivity contribution in [3.63, 3.8) is 0 Å². The number of nitrogens with zero attached hydrogens (tertiary/aromatic N) is 4. The van der Waals surface area contributed by atoms with Gasteiger partial charge in [0.15, 0.2) is 5.65 Å². The molecule has 2 aromatic heterocycles. The number of hydrogen-bond acceptors (Lipinski definition) is 3. The molecule has 0 fully saturated rings. The first-order valence-electron chi connectivity index (χ1n) is 2.64. The summed E-state index contributed by atoms with van der Waals surface area (Å²) >= 11 is 5.72. The van der Waals surface area contributed by atoms with Crippen LogP contribution in [0.15, 0.2) is 12.3 Å². The Balaban J connectivity index is 2.95. The van der Waals surface area contributed by atoms with Crippen LogP contribution in [-0.4, -0.2) is 15.2 Å². The minimum atomic E-state index is 0.493. The number of hydrogen-bond donors (Lipinski definition) is 0. The average Bonchev–Trinajstić information content (AvgIpc) is 2.36. The van der Waals surface area contributed by atoms with Crippen LogP contribution >= 0.6 is 11.6 Å². The average molecular weight is 154 g/mol. The molecule has 0 aliphatic carbocycles. The Hall–Kier alpha value is -1.16. The van der Waals surface area contributed by atoms with E-state index in [0.29, 0.717) is 16.2 Å². The predicted octanol–water partition coefficient (Wildman–Crippen LogP) is 0.635. The number of halogens is 1. The van der Waals surface area contributed by atoms with Crippen molar-refractivity contribution in [2.45, 2.75) is 0 Å². The molecule has 10 heavy (non-hydrogen) atoms. The lowest BCUT2D eigenvalue weighted by Crippen LogP contribution is -1.75. The van der Waals surface area contributed by atoms with Crippen LogP contribution in [0.1, 0.15) is 0 Å². The highest BCUT2D eigenvalue weighted by Crippen LogP contribution is 2.15. The normalized spacial score (nSPS) is 10.5. The Morgan fingerprint density at radius 1 is 1.40 bits per heavy atom. The molecule has 0 N–H and O–H groups in total. The summed E-state index contributed by atoms with van der Waals surface area (Å²) in [4.78, 5) is 3.88. The maximum Gasteiger partial charge on any atom is 0.159 e. The summed E-state index contributed by atoms with van der Waals surface area (Å²) in [5.74, 6) is 0. The van der Waals surface area contributed by atoms with Crippen molar-refractivity contribution < 1.29 is 0 Å². The van der Waals surface area contributed by atoms with E-state index in [1.54, 1.807) is 12.3 Å². The summed E-state index contributed by atoms with van der Waals surface area (Å²) in [5.41, 5.74) is 1.05. The van der Waals surface area contributed by atoms with Crippen LogP contribution in [0.3, 0.4) is 0 Å². The summed E-state index contributed by atoms with van der Waals surface area (Å²) in [6.07, 6.45) is 1.57. The zero-order chi connectivity index (χ0) is 6.97. The monoisotopic (exact) mass is 153 g/mol. The molecule has 0 aliphatic heterocycles. The number of rotatable bonds is 0. The lowest BCUT2D eigenvalue weighted by atomic mass is 10.4. The zero-order valence-electron chi connectivity index (χ0n) is 4.82. The highest BCUT2D eigenvalue weighted by molar-refractivity contribution is 6.34. The molecule has 4 nitrogen and oxygen atoms in total. The third-order valence-electron chi connectivity index (χ3n) is 1.14. The van der Waals surface area contributed by atoms with E-state index >= 15 is 0 Å². The molecule has 0 aliphatic rings. The second kappa shape index (κ2) is 1.91. The first-order chi connectivity index (χ1) is 4.88. The van der Waals surface area contributed by atoms with Crippen molar-refractivity contribution >= 4 is 22.8 Å². The number of pyridine rings is 1. The Morgan fingerprint density at radius 3 is 3.10 bits per heavy atom. The zero-order valence-corrected chi connectivity index (χ0v) is 5.58. The van der Waals surface area contributed by atoms with E-state index in [1.165, 1.54) is 0 Å². The van der Waals surface area contributed by atoms with Crippen LogP contribution in [0, 0.1) is 0 Å². The molecule has 2 heterocycles. The number of fused-ring (bicyclic) bond motifs is 1. The van der Waals surface area contributed by atoms with Crippen LogP contribution in [0.5, 0.6) is 0 Å². The third kappa shape index (κ3) is 0.657. The van der Waals surface area contributed by atoms with Gasteiger partial charge in [-0.15, -0.1) is 0 Å². The van der Waals surface area contributed by atoms with Gasteiger partial charge in [-0.05, 0) is 6.07 Å². The summed E-state index contributed by atoms with van der Waals surface area (Å²) in [6.45, 7) is 0. The topological polar surface area (TPSA) is 52.8 Å². The van der Waals surface area contributed by atoms with Crippen molar-refractivity contribution in [2.75, 3.05) is 0 Å². The molecule has 0 radical (unpaired) electrons. The fourth-order valence-corrected chi connectivity index (χ4v) is 0.874. The van der Waals surface area contributed by atoms with Gasteiger partial charge in [-0.25, -0.2) is 4.98 Å². The largest absolute Gasteiger partial charge is 0.491 e. The summed E-state index contributed by atoms with van der Waals surface area (Å²) < 4.78 is 0. The first kappa shape index (κ1) is 5.61. The molecule has 0 aromatic carbocycles. The van der Waals surface area contributed by atoms with Gasteiger partial charge in [0.25, 0.3) is 0 Å².